The quantitative estimate of drug-likeness (QED) is 0.292. The fourth-order valence-electron chi connectivity index (χ4n) is 4.77. The predicted molar refractivity (Wildman–Crippen MR) is 157 cm³/mol. The number of carbonyl (C=O) groups is 2. The minimum Gasteiger partial charge on any atom is -0.496 e. The lowest BCUT2D eigenvalue weighted by Crippen LogP contribution is -2.64. The molecule has 11 nitrogen and oxygen atoms in total. The topological polar surface area (TPSA) is 133 Å². The summed E-state index contributed by atoms with van der Waals surface area (Å²) in [5.74, 6) is -0.819. The van der Waals surface area contributed by atoms with Crippen molar-refractivity contribution < 1.29 is 27.5 Å². The van der Waals surface area contributed by atoms with E-state index in [4.69, 9.17) is 9.47 Å². The zero-order valence-corrected chi connectivity index (χ0v) is 25.6. The monoisotopic (exact) mass is 603 g/mol. The van der Waals surface area contributed by atoms with Crippen molar-refractivity contribution >= 4 is 38.3 Å². The summed E-state index contributed by atoms with van der Waals surface area (Å²) in [6.45, 7) is 6.31. The highest BCUT2D eigenvalue weighted by molar-refractivity contribution is 7.91. The molecule has 3 aromatic rings. The molecule has 13 heteroatoms. The number of benzene rings is 1. The molecule has 41 heavy (non-hydrogen) atoms. The smallest absolute Gasteiger partial charge is 0.261 e. The number of methoxy groups -OCH3 is 2. The van der Waals surface area contributed by atoms with Crippen LogP contribution in [0.1, 0.15) is 62.4 Å². The van der Waals surface area contributed by atoms with Crippen molar-refractivity contribution in [3.8, 4) is 5.75 Å². The third-order valence-corrected chi connectivity index (χ3v) is 9.62. The van der Waals surface area contributed by atoms with E-state index in [2.05, 4.69) is 14.8 Å². The lowest BCUT2D eigenvalue weighted by Gasteiger charge is -2.41. The van der Waals surface area contributed by atoms with Gasteiger partial charge in [-0.2, -0.15) is 5.10 Å². The minimum absolute atomic E-state index is 0.0786. The van der Waals surface area contributed by atoms with Crippen molar-refractivity contribution in [2.45, 2.75) is 69.2 Å². The second kappa shape index (κ2) is 12.3. The largest absolute Gasteiger partial charge is 0.496 e. The van der Waals surface area contributed by atoms with Crippen molar-refractivity contribution in [2.24, 2.45) is 0 Å². The summed E-state index contributed by atoms with van der Waals surface area (Å²) in [5.41, 5.74) is -0.798. The van der Waals surface area contributed by atoms with Gasteiger partial charge in [-0.15, -0.1) is 11.3 Å². The van der Waals surface area contributed by atoms with E-state index in [1.807, 2.05) is 26.8 Å². The van der Waals surface area contributed by atoms with Crippen LogP contribution in [-0.4, -0.2) is 66.6 Å². The first-order chi connectivity index (χ1) is 19.4. The maximum Gasteiger partial charge on any atom is 0.261 e. The summed E-state index contributed by atoms with van der Waals surface area (Å²) >= 11 is 1.18. The molecule has 0 radical (unpaired) electrons. The number of thiazole rings is 1. The van der Waals surface area contributed by atoms with Crippen LogP contribution in [0.15, 0.2) is 48.2 Å². The van der Waals surface area contributed by atoms with Gasteiger partial charge in [-0.25, -0.2) is 13.4 Å². The van der Waals surface area contributed by atoms with Crippen LogP contribution in [0.2, 0.25) is 0 Å². The van der Waals surface area contributed by atoms with Gasteiger partial charge >= 0.3 is 0 Å². The summed E-state index contributed by atoms with van der Waals surface area (Å²) in [6, 6.07) is 6.88. The number of rotatable bonds is 13. The molecule has 0 bridgehead atoms. The molecule has 1 fully saturated rings. The van der Waals surface area contributed by atoms with Gasteiger partial charge in [-0.05, 0) is 54.9 Å². The van der Waals surface area contributed by atoms with Gasteiger partial charge in [-0.3, -0.25) is 23.9 Å². The summed E-state index contributed by atoms with van der Waals surface area (Å²) in [7, 11) is -0.856. The molecule has 1 aromatic carbocycles. The molecule has 222 valence electrons. The number of aromatic nitrogens is 3. The summed E-state index contributed by atoms with van der Waals surface area (Å²) < 4.78 is 40.8. The van der Waals surface area contributed by atoms with Crippen LogP contribution in [0.5, 0.6) is 5.75 Å². The van der Waals surface area contributed by atoms with Crippen molar-refractivity contribution in [1.82, 2.24) is 19.5 Å². The van der Waals surface area contributed by atoms with Gasteiger partial charge in [0.25, 0.3) is 11.8 Å². The Balaban J connectivity index is 1.90. The molecule has 4 rings (SSSR count). The van der Waals surface area contributed by atoms with Gasteiger partial charge in [0.15, 0.2) is 5.13 Å². The molecular formula is C28H37N5O6S2. The van der Waals surface area contributed by atoms with Crippen molar-refractivity contribution in [1.29, 1.82) is 0 Å². The lowest BCUT2D eigenvalue weighted by atomic mass is 9.85. The SMILES string of the molecule is COCCCC(Cn1cccn1)(C(=O)NS(=O)(=O)C1CC1)N(C(=O)c1ccc(C(C)(C)C)c(OC)c1)c1nccs1. The van der Waals surface area contributed by atoms with Crippen LogP contribution in [0.25, 0.3) is 0 Å². The Bertz CT molecular complexity index is 1450. The van der Waals surface area contributed by atoms with Crippen LogP contribution < -0.4 is 14.4 Å². The van der Waals surface area contributed by atoms with Crippen LogP contribution in [0.4, 0.5) is 5.13 Å². The van der Waals surface area contributed by atoms with Gasteiger partial charge < -0.3 is 9.47 Å². The second-order valence-corrected chi connectivity index (χ2v) is 14.0. The van der Waals surface area contributed by atoms with Gasteiger partial charge in [0, 0.05) is 43.3 Å². The summed E-state index contributed by atoms with van der Waals surface area (Å²) in [4.78, 5) is 34.6. The highest BCUT2D eigenvalue weighted by atomic mass is 32.2. The Morgan fingerprint density at radius 2 is 1.95 bits per heavy atom. The van der Waals surface area contributed by atoms with Gasteiger partial charge in [0.05, 0.1) is 18.9 Å². The third-order valence-electron chi connectivity index (χ3n) is 7.04. The normalized spacial score (nSPS) is 15.2. The third kappa shape index (κ3) is 6.79. The number of carbonyl (C=O) groups excluding carboxylic acids is 2. The molecule has 1 aliphatic rings. The molecular weight excluding hydrogens is 566 g/mol. The number of sulfonamides is 1. The number of ether oxygens (including phenoxy) is 2. The summed E-state index contributed by atoms with van der Waals surface area (Å²) in [6.07, 6.45) is 6.16. The van der Waals surface area contributed by atoms with E-state index in [0.29, 0.717) is 25.0 Å². The first-order valence-electron chi connectivity index (χ1n) is 13.4. The Hall–Kier alpha value is -3.29. The average molecular weight is 604 g/mol. The molecule has 2 amide bonds. The van der Waals surface area contributed by atoms with Gasteiger partial charge in [0.1, 0.15) is 11.3 Å². The molecule has 2 aromatic heterocycles. The zero-order valence-electron chi connectivity index (χ0n) is 24.0. The van der Waals surface area contributed by atoms with Gasteiger partial charge in [-0.1, -0.05) is 26.8 Å². The van der Waals surface area contributed by atoms with Crippen LogP contribution in [0.3, 0.4) is 0 Å². The standard InChI is InChI=1S/C28H37N5O6S2/c1-27(2,3)22-11-8-20(18-23(22)39-5)24(34)33(26-29-14-17-40-26)28(12-6-16-38-4,19-32-15-7-13-30-32)25(35)31-41(36,37)21-9-10-21/h7-8,11,13-15,17-18,21H,6,9-10,12,16,19H2,1-5H3,(H,31,35). The maximum absolute atomic E-state index is 14.5. The van der Waals surface area contributed by atoms with Gasteiger partial charge in [0.2, 0.25) is 10.0 Å². The Kier molecular flexibility index (Phi) is 9.19. The molecule has 1 N–H and O–H groups in total. The van der Waals surface area contributed by atoms with E-state index in [9.17, 15) is 18.0 Å². The van der Waals surface area contributed by atoms with E-state index < -0.39 is 32.6 Å². The second-order valence-electron chi connectivity index (χ2n) is 11.1. The first-order valence-corrected chi connectivity index (χ1v) is 15.8. The van der Waals surface area contributed by atoms with E-state index in [0.717, 1.165) is 5.56 Å². The molecule has 1 aliphatic carbocycles. The Morgan fingerprint density at radius 3 is 2.51 bits per heavy atom. The molecule has 1 unspecified atom stereocenters. The number of nitrogens with zero attached hydrogens (tertiary/aromatic N) is 4. The van der Waals surface area contributed by atoms with E-state index in [1.165, 1.54) is 27.1 Å². The summed E-state index contributed by atoms with van der Waals surface area (Å²) in [5, 5.41) is 5.61. The average Bonchev–Trinajstić information content (AvgIpc) is 3.44. The zero-order chi connectivity index (χ0) is 29.8. The Morgan fingerprint density at radius 1 is 1.20 bits per heavy atom. The van der Waals surface area contributed by atoms with Crippen molar-refractivity contribution in [3.63, 3.8) is 0 Å². The first kappa shape index (κ1) is 30.7. The number of anilines is 1. The molecule has 2 heterocycles. The highest BCUT2D eigenvalue weighted by Gasteiger charge is 2.51. The molecule has 0 saturated heterocycles. The van der Waals surface area contributed by atoms with E-state index in [-0.39, 0.29) is 35.7 Å². The predicted octanol–water partition coefficient (Wildman–Crippen LogP) is 3.77. The van der Waals surface area contributed by atoms with Crippen LogP contribution in [-0.2, 0) is 31.5 Å². The maximum atomic E-state index is 14.5. The van der Waals surface area contributed by atoms with Crippen molar-refractivity contribution in [3.05, 3.63) is 59.4 Å². The number of nitrogens with one attached hydrogen (secondary N) is 1. The lowest BCUT2D eigenvalue weighted by molar-refractivity contribution is -0.125. The van der Waals surface area contributed by atoms with E-state index >= 15 is 0 Å². The number of hydrogen-bond donors (Lipinski definition) is 1. The van der Waals surface area contributed by atoms with Crippen LogP contribution >= 0.6 is 11.3 Å². The van der Waals surface area contributed by atoms with Crippen molar-refractivity contribution in [2.75, 3.05) is 25.7 Å². The fraction of sp³-hybridized carbons (Fsp3) is 0.500. The van der Waals surface area contributed by atoms with E-state index in [1.54, 1.807) is 50.2 Å². The van der Waals surface area contributed by atoms with Crippen LogP contribution in [0, 0.1) is 0 Å². The molecule has 0 aliphatic heterocycles. The molecule has 0 spiro atoms. The number of amides is 2. The minimum atomic E-state index is -3.94. The fourth-order valence-corrected chi connectivity index (χ4v) is 6.87. The molecule has 1 saturated carbocycles. The number of hydrogen-bond acceptors (Lipinski definition) is 9. The highest BCUT2D eigenvalue weighted by Crippen LogP contribution is 2.37. The molecule has 1 atom stereocenters. The Labute approximate surface area is 244 Å².